The molecular weight excluding hydrogens is 288 g/mol. The van der Waals surface area contributed by atoms with Crippen LogP contribution in [0.3, 0.4) is 0 Å². The molecule has 1 aliphatic heterocycles. The highest BCUT2D eigenvalue weighted by Crippen LogP contribution is 2.34. The summed E-state index contributed by atoms with van der Waals surface area (Å²) in [6, 6.07) is 13.5. The molecule has 0 fully saturated rings. The van der Waals surface area contributed by atoms with E-state index in [0.29, 0.717) is 36.7 Å². The van der Waals surface area contributed by atoms with Crippen LogP contribution in [0.2, 0.25) is 0 Å². The summed E-state index contributed by atoms with van der Waals surface area (Å²) in [4.78, 5) is 0.194. The zero-order chi connectivity index (χ0) is 14.9. The highest BCUT2D eigenvalue weighted by Gasteiger charge is 2.28. The van der Waals surface area contributed by atoms with E-state index in [4.69, 9.17) is 10.5 Å². The molecule has 0 atom stereocenters. The van der Waals surface area contributed by atoms with Gasteiger partial charge in [0.1, 0.15) is 5.75 Å². The van der Waals surface area contributed by atoms with Crippen LogP contribution in [-0.4, -0.2) is 21.6 Å². The highest BCUT2D eigenvalue weighted by molar-refractivity contribution is 7.92. The molecule has 5 nitrogen and oxygen atoms in total. The number of rotatable bonds is 2. The number of sulfonamides is 1. The molecule has 3 rings (SSSR count). The van der Waals surface area contributed by atoms with Gasteiger partial charge in [-0.2, -0.15) is 0 Å². The summed E-state index contributed by atoms with van der Waals surface area (Å²) in [5, 5.41) is 0. The Morgan fingerprint density at radius 1 is 1.10 bits per heavy atom. The van der Waals surface area contributed by atoms with Crippen molar-refractivity contribution in [3.05, 3.63) is 48.5 Å². The SMILES string of the molecule is Nc1cccc(S(=O)(=O)N2CCCOc3ccccc32)c1. The number of nitrogen functional groups attached to an aromatic ring is 1. The quantitative estimate of drug-likeness (QED) is 0.864. The molecule has 0 aromatic heterocycles. The summed E-state index contributed by atoms with van der Waals surface area (Å²) >= 11 is 0. The lowest BCUT2D eigenvalue weighted by molar-refractivity contribution is 0.322. The van der Waals surface area contributed by atoms with Crippen LogP contribution < -0.4 is 14.8 Å². The Hall–Kier alpha value is -2.21. The van der Waals surface area contributed by atoms with Gasteiger partial charge in [0, 0.05) is 18.7 Å². The molecule has 2 aromatic carbocycles. The normalized spacial score (nSPS) is 15.0. The number of nitrogens with zero attached hydrogens (tertiary/aromatic N) is 1. The third-order valence-corrected chi connectivity index (χ3v) is 5.15. The van der Waals surface area contributed by atoms with Gasteiger partial charge in [-0.05, 0) is 30.3 Å². The highest BCUT2D eigenvalue weighted by atomic mass is 32.2. The Morgan fingerprint density at radius 2 is 1.90 bits per heavy atom. The monoisotopic (exact) mass is 304 g/mol. The average molecular weight is 304 g/mol. The second-order valence-corrected chi connectivity index (χ2v) is 6.68. The van der Waals surface area contributed by atoms with E-state index in [-0.39, 0.29) is 4.90 Å². The van der Waals surface area contributed by atoms with Crippen molar-refractivity contribution in [3.8, 4) is 5.75 Å². The van der Waals surface area contributed by atoms with Crippen LogP contribution in [0.15, 0.2) is 53.4 Å². The van der Waals surface area contributed by atoms with Crippen LogP contribution in [0.5, 0.6) is 5.75 Å². The van der Waals surface area contributed by atoms with Gasteiger partial charge in [-0.25, -0.2) is 8.42 Å². The zero-order valence-corrected chi connectivity index (χ0v) is 12.2. The number of anilines is 2. The van der Waals surface area contributed by atoms with Crippen LogP contribution in [0.4, 0.5) is 11.4 Å². The average Bonchev–Trinajstić information content (AvgIpc) is 2.70. The minimum atomic E-state index is -3.65. The largest absolute Gasteiger partial charge is 0.491 e. The second-order valence-electron chi connectivity index (χ2n) is 4.82. The van der Waals surface area contributed by atoms with E-state index >= 15 is 0 Å². The molecule has 0 unspecified atom stereocenters. The van der Waals surface area contributed by atoms with Gasteiger partial charge in [-0.3, -0.25) is 4.31 Å². The number of benzene rings is 2. The third-order valence-electron chi connectivity index (χ3n) is 3.34. The van der Waals surface area contributed by atoms with Crippen molar-refractivity contribution in [3.63, 3.8) is 0 Å². The van der Waals surface area contributed by atoms with E-state index < -0.39 is 10.0 Å². The fourth-order valence-corrected chi connectivity index (χ4v) is 3.92. The van der Waals surface area contributed by atoms with Crippen molar-refractivity contribution in [1.82, 2.24) is 0 Å². The molecule has 0 spiro atoms. The van der Waals surface area contributed by atoms with Crippen molar-refractivity contribution in [1.29, 1.82) is 0 Å². The van der Waals surface area contributed by atoms with Gasteiger partial charge in [-0.15, -0.1) is 0 Å². The second kappa shape index (κ2) is 5.29. The number of para-hydroxylation sites is 2. The van der Waals surface area contributed by atoms with Crippen LogP contribution in [-0.2, 0) is 10.0 Å². The Balaban J connectivity index is 2.11. The first kappa shape index (κ1) is 13.8. The van der Waals surface area contributed by atoms with Gasteiger partial charge in [0.15, 0.2) is 0 Å². The molecule has 0 bridgehead atoms. The van der Waals surface area contributed by atoms with Crippen LogP contribution >= 0.6 is 0 Å². The summed E-state index contributed by atoms with van der Waals surface area (Å²) in [5.74, 6) is 0.586. The molecule has 0 amide bonds. The smallest absolute Gasteiger partial charge is 0.264 e. The van der Waals surface area contributed by atoms with E-state index in [0.717, 1.165) is 0 Å². The van der Waals surface area contributed by atoms with Crippen molar-refractivity contribution in [2.24, 2.45) is 0 Å². The Morgan fingerprint density at radius 3 is 2.71 bits per heavy atom. The fourth-order valence-electron chi connectivity index (χ4n) is 2.35. The van der Waals surface area contributed by atoms with E-state index in [2.05, 4.69) is 0 Å². The van der Waals surface area contributed by atoms with Crippen LogP contribution in [0, 0.1) is 0 Å². The Bertz CT molecular complexity index is 759. The summed E-state index contributed by atoms with van der Waals surface area (Å²) < 4.78 is 32.7. The molecule has 1 heterocycles. The maximum Gasteiger partial charge on any atom is 0.264 e. The number of hydrogen-bond acceptors (Lipinski definition) is 4. The van der Waals surface area contributed by atoms with Crippen molar-refractivity contribution < 1.29 is 13.2 Å². The first-order chi connectivity index (χ1) is 10.1. The predicted molar refractivity (Wildman–Crippen MR) is 81.9 cm³/mol. The van der Waals surface area contributed by atoms with Crippen molar-refractivity contribution >= 4 is 21.4 Å². The molecule has 6 heteroatoms. The van der Waals surface area contributed by atoms with Gasteiger partial charge in [-0.1, -0.05) is 18.2 Å². The molecule has 1 aliphatic rings. The number of hydrogen-bond donors (Lipinski definition) is 1. The molecule has 2 N–H and O–H groups in total. The molecule has 0 radical (unpaired) electrons. The maximum absolute atomic E-state index is 12.9. The predicted octanol–water partition coefficient (Wildman–Crippen LogP) is 2.25. The van der Waals surface area contributed by atoms with Crippen LogP contribution in [0.1, 0.15) is 6.42 Å². The van der Waals surface area contributed by atoms with Gasteiger partial charge in [0.2, 0.25) is 0 Å². The number of ether oxygens (including phenoxy) is 1. The van der Waals surface area contributed by atoms with E-state index in [1.54, 1.807) is 36.4 Å². The molecule has 110 valence electrons. The first-order valence-electron chi connectivity index (χ1n) is 6.69. The van der Waals surface area contributed by atoms with Crippen LogP contribution in [0.25, 0.3) is 0 Å². The lowest BCUT2D eigenvalue weighted by atomic mass is 10.3. The van der Waals surface area contributed by atoms with E-state index in [9.17, 15) is 8.42 Å². The standard InChI is InChI=1S/C15H16N2O3S/c16-12-5-3-6-13(11-12)21(18,19)17-9-4-10-20-15-8-2-1-7-14(15)17/h1-3,5-8,11H,4,9-10,16H2. The van der Waals surface area contributed by atoms with Crippen molar-refractivity contribution in [2.45, 2.75) is 11.3 Å². The topological polar surface area (TPSA) is 72.6 Å². The lowest BCUT2D eigenvalue weighted by Gasteiger charge is -2.23. The van der Waals surface area contributed by atoms with Gasteiger partial charge in [0.25, 0.3) is 10.0 Å². The maximum atomic E-state index is 12.9. The molecule has 0 aliphatic carbocycles. The number of nitrogens with two attached hydrogens (primary N) is 1. The minimum Gasteiger partial charge on any atom is -0.491 e. The zero-order valence-electron chi connectivity index (χ0n) is 11.4. The summed E-state index contributed by atoms with van der Waals surface area (Å²) in [6.07, 6.45) is 0.635. The Labute approximate surface area is 124 Å². The first-order valence-corrected chi connectivity index (χ1v) is 8.13. The van der Waals surface area contributed by atoms with Crippen molar-refractivity contribution in [2.75, 3.05) is 23.2 Å². The molecule has 0 saturated heterocycles. The lowest BCUT2D eigenvalue weighted by Crippen LogP contribution is -2.31. The molecular formula is C15H16N2O3S. The van der Waals surface area contributed by atoms with E-state index in [1.807, 2.05) is 6.07 Å². The minimum absolute atomic E-state index is 0.194. The fraction of sp³-hybridized carbons (Fsp3) is 0.200. The molecule has 2 aromatic rings. The summed E-state index contributed by atoms with van der Waals surface area (Å²) in [6.45, 7) is 0.883. The molecule has 0 saturated carbocycles. The summed E-state index contributed by atoms with van der Waals surface area (Å²) in [5.41, 5.74) is 6.70. The Kier molecular flexibility index (Phi) is 3.47. The van der Waals surface area contributed by atoms with E-state index in [1.165, 1.54) is 10.4 Å². The van der Waals surface area contributed by atoms with Gasteiger partial charge in [0.05, 0.1) is 17.2 Å². The van der Waals surface area contributed by atoms with Gasteiger partial charge < -0.3 is 10.5 Å². The summed E-state index contributed by atoms with van der Waals surface area (Å²) in [7, 11) is -3.65. The van der Waals surface area contributed by atoms with Gasteiger partial charge >= 0.3 is 0 Å². The number of fused-ring (bicyclic) bond motifs is 1. The molecule has 21 heavy (non-hydrogen) atoms. The third kappa shape index (κ3) is 2.54.